The molecule has 0 saturated carbocycles. The minimum Gasteiger partial charge on any atom is -0.462 e. The van der Waals surface area contributed by atoms with Crippen LogP contribution in [0.4, 0.5) is 0 Å². The van der Waals surface area contributed by atoms with Gasteiger partial charge in [-0.15, -0.1) is 0 Å². The lowest BCUT2D eigenvalue weighted by molar-refractivity contribution is -0.167. The third kappa shape index (κ3) is 61.7. The number of allylic oxidation sites excluding steroid dienone is 12. The van der Waals surface area contributed by atoms with E-state index >= 15 is 0 Å². The first-order valence-corrected chi connectivity index (χ1v) is 32.9. The molecule has 0 radical (unpaired) electrons. The Kier molecular flexibility index (Phi) is 61.7. The fourth-order valence-electron chi connectivity index (χ4n) is 9.43. The van der Waals surface area contributed by atoms with E-state index in [4.69, 9.17) is 14.2 Å². The highest BCUT2D eigenvalue weighted by molar-refractivity contribution is 5.71. The smallest absolute Gasteiger partial charge is 0.306 e. The van der Waals surface area contributed by atoms with E-state index < -0.39 is 6.10 Å². The Bertz CT molecular complexity index is 1400. The highest BCUT2D eigenvalue weighted by Gasteiger charge is 2.19. The molecule has 76 heavy (non-hydrogen) atoms. The fourth-order valence-corrected chi connectivity index (χ4v) is 9.43. The third-order valence-electron chi connectivity index (χ3n) is 14.4. The average molecular weight is 1060 g/mol. The molecule has 0 heterocycles. The van der Waals surface area contributed by atoms with Crippen molar-refractivity contribution in [2.24, 2.45) is 0 Å². The molecule has 440 valence electrons. The lowest BCUT2D eigenvalue weighted by Crippen LogP contribution is -2.30. The first-order valence-electron chi connectivity index (χ1n) is 32.9. The van der Waals surface area contributed by atoms with Crippen LogP contribution < -0.4 is 0 Å². The van der Waals surface area contributed by atoms with Crippen LogP contribution in [-0.4, -0.2) is 37.2 Å². The number of carbonyl (C=O) groups is 3. The second-order valence-electron chi connectivity index (χ2n) is 22.0. The maximum Gasteiger partial charge on any atom is 0.306 e. The molecule has 0 rings (SSSR count). The molecule has 0 aliphatic rings. The molecule has 0 bridgehead atoms. The predicted octanol–water partition coefficient (Wildman–Crippen LogP) is 22.5. The zero-order valence-corrected chi connectivity index (χ0v) is 50.5. The molecule has 0 aromatic rings. The Morgan fingerprint density at radius 3 is 0.829 bits per heavy atom. The molecule has 6 nitrogen and oxygen atoms in total. The summed E-state index contributed by atoms with van der Waals surface area (Å²) in [6.45, 7) is 6.55. The lowest BCUT2D eigenvalue weighted by Gasteiger charge is -2.18. The molecule has 0 saturated heterocycles. The van der Waals surface area contributed by atoms with Crippen molar-refractivity contribution in [3.8, 4) is 0 Å². The topological polar surface area (TPSA) is 78.9 Å². The van der Waals surface area contributed by atoms with Gasteiger partial charge in [0.25, 0.3) is 0 Å². The Hall–Kier alpha value is -3.15. The molecular formula is C70H124O6. The highest BCUT2D eigenvalue weighted by Crippen LogP contribution is 2.17. The maximum atomic E-state index is 12.8. The van der Waals surface area contributed by atoms with Crippen LogP contribution in [-0.2, 0) is 28.6 Å². The number of unbranched alkanes of at least 4 members (excludes halogenated alkanes) is 37. The van der Waals surface area contributed by atoms with Gasteiger partial charge >= 0.3 is 17.9 Å². The van der Waals surface area contributed by atoms with Gasteiger partial charge in [-0.1, -0.05) is 280 Å². The van der Waals surface area contributed by atoms with E-state index in [1.54, 1.807) is 0 Å². The maximum absolute atomic E-state index is 12.8. The summed E-state index contributed by atoms with van der Waals surface area (Å²) in [5, 5.41) is 0. The molecular weight excluding hydrogens is 937 g/mol. The molecule has 6 heteroatoms. The van der Waals surface area contributed by atoms with E-state index in [1.165, 1.54) is 186 Å². The SMILES string of the molecule is CCC/C=C\C/C=C\CCCCCCCC(=O)OC(COC(=O)CCCCCCC/C=C\CCCCC)COC(=O)CCCCCCCCCCCCCCCCCCCC/C=C\C/C=C\C/C=C\CCCCCCC. The summed E-state index contributed by atoms with van der Waals surface area (Å²) >= 11 is 0. The molecule has 1 atom stereocenters. The first kappa shape index (κ1) is 72.8. The van der Waals surface area contributed by atoms with Crippen molar-refractivity contribution in [1.82, 2.24) is 0 Å². The summed E-state index contributed by atoms with van der Waals surface area (Å²) in [4.78, 5) is 38.2. The Balaban J connectivity index is 4.09. The van der Waals surface area contributed by atoms with Gasteiger partial charge in [0.2, 0.25) is 0 Å². The summed E-state index contributed by atoms with van der Waals surface area (Å²) in [5.74, 6) is -0.893. The van der Waals surface area contributed by atoms with Crippen molar-refractivity contribution in [2.45, 2.75) is 341 Å². The third-order valence-corrected chi connectivity index (χ3v) is 14.4. The van der Waals surface area contributed by atoms with Gasteiger partial charge in [-0.2, -0.15) is 0 Å². The second kappa shape index (κ2) is 64.4. The zero-order chi connectivity index (χ0) is 55.0. The average Bonchev–Trinajstić information content (AvgIpc) is 3.42. The van der Waals surface area contributed by atoms with Crippen molar-refractivity contribution in [3.05, 3.63) is 72.9 Å². The minimum atomic E-state index is -0.784. The molecule has 0 aliphatic carbocycles. The van der Waals surface area contributed by atoms with E-state index in [0.717, 1.165) is 109 Å². The fraction of sp³-hybridized carbons (Fsp3) is 0.786. The zero-order valence-electron chi connectivity index (χ0n) is 50.5. The quantitative estimate of drug-likeness (QED) is 0.0261. The predicted molar refractivity (Wildman–Crippen MR) is 330 cm³/mol. The molecule has 0 fully saturated rings. The highest BCUT2D eigenvalue weighted by atomic mass is 16.6. The van der Waals surface area contributed by atoms with Crippen LogP contribution in [0.5, 0.6) is 0 Å². The molecule has 0 aromatic heterocycles. The van der Waals surface area contributed by atoms with E-state index in [9.17, 15) is 14.4 Å². The van der Waals surface area contributed by atoms with Gasteiger partial charge in [-0.25, -0.2) is 0 Å². The normalized spacial score (nSPS) is 12.5. The van der Waals surface area contributed by atoms with Crippen molar-refractivity contribution < 1.29 is 28.6 Å². The summed E-state index contributed by atoms with van der Waals surface area (Å²) in [6, 6.07) is 0. The van der Waals surface area contributed by atoms with Gasteiger partial charge in [-0.3, -0.25) is 14.4 Å². The van der Waals surface area contributed by atoms with Crippen LogP contribution in [0.25, 0.3) is 0 Å². The summed E-state index contributed by atoms with van der Waals surface area (Å²) < 4.78 is 16.9. The minimum absolute atomic E-state index is 0.0810. The van der Waals surface area contributed by atoms with Crippen molar-refractivity contribution in [1.29, 1.82) is 0 Å². The Morgan fingerprint density at radius 2 is 0.500 bits per heavy atom. The standard InChI is InChI=1S/C70H124O6/c1-4-7-10-13-16-19-22-25-26-27-28-29-30-31-32-33-34-35-36-37-38-39-40-41-42-43-44-46-48-51-54-57-60-63-69(72)75-66-67(65-74-68(71)62-59-56-53-50-47-24-21-18-15-12-9-6-3)76-70(73)64-61-58-55-52-49-45-23-20-17-14-11-8-5-2/h11,14,18,20-23,25,27-28,30-31,67H,4-10,12-13,15-17,19,24,26,29,32-66H2,1-3H3/b14-11-,21-18-,23-20-,25-22-,28-27-,31-30-. The van der Waals surface area contributed by atoms with E-state index in [2.05, 4.69) is 93.7 Å². The molecule has 1 unspecified atom stereocenters. The molecule has 0 N–H and O–H groups in total. The van der Waals surface area contributed by atoms with E-state index in [-0.39, 0.29) is 31.1 Å². The van der Waals surface area contributed by atoms with Crippen LogP contribution in [0.2, 0.25) is 0 Å². The van der Waals surface area contributed by atoms with Crippen LogP contribution in [0.15, 0.2) is 72.9 Å². The second-order valence-corrected chi connectivity index (χ2v) is 22.0. The van der Waals surface area contributed by atoms with Gasteiger partial charge in [0, 0.05) is 19.3 Å². The van der Waals surface area contributed by atoms with Crippen LogP contribution >= 0.6 is 0 Å². The molecule has 0 spiro atoms. The number of ether oxygens (including phenoxy) is 3. The van der Waals surface area contributed by atoms with Crippen LogP contribution in [0.3, 0.4) is 0 Å². The monoisotopic (exact) mass is 1060 g/mol. The summed E-state index contributed by atoms with van der Waals surface area (Å²) in [5.41, 5.74) is 0. The van der Waals surface area contributed by atoms with Crippen LogP contribution in [0, 0.1) is 0 Å². The van der Waals surface area contributed by atoms with Gasteiger partial charge in [0.1, 0.15) is 13.2 Å². The number of hydrogen-bond donors (Lipinski definition) is 0. The van der Waals surface area contributed by atoms with Crippen molar-refractivity contribution in [3.63, 3.8) is 0 Å². The molecule has 0 aliphatic heterocycles. The van der Waals surface area contributed by atoms with Gasteiger partial charge < -0.3 is 14.2 Å². The Morgan fingerprint density at radius 1 is 0.263 bits per heavy atom. The van der Waals surface area contributed by atoms with Crippen molar-refractivity contribution in [2.75, 3.05) is 13.2 Å². The van der Waals surface area contributed by atoms with E-state index in [0.29, 0.717) is 19.3 Å². The summed E-state index contributed by atoms with van der Waals surface area (Å²) in [6.07, 6.45) is 83.6. The summed E-state index contributed by atoms with van der Waals surface area (Å²) in [7, 11) is 0. The van der Waals surface area contributed by atoms with Crippen molar-refractivity contribution >= 4 is 17.9 Å². The van der Waals surface area contributed by atoms with E-state index in [1.807, 2.05) is 0 Å². The first-order chi connectivity index (χ1) is 37.5. The van der Waals surface area contributed by atoms with Crippen LogP contribution in [0.1, 0.15) is 335 Å². The Labute approximate surface area is 472 Å². The molecule has 0 amide bonds. The number of rotatable bonds is 60. The number of carbonyl (C=O) groups excluding carboxylic acids is 3. The van der Waals surface area contributed by atoms with Gasteiger partial charge in [0.15, 0.2) is 6.10 Å². The lowest BCUT2D eigenvalue weighted by atomic mass is 10.0. The molecule has 0 aromatic carbocycles. The van der Waals surface area contributed by atoms with Gasteiger partial charge in [-0.05, 0) is 109 Å². The van der Waals surface area contributed by atoms with Gasteiger partial charge in [0.05, 0.1) is 0 Å². The largest absolute Gasteiger partial charge is 0.462 e. The number of hydrogen-bond acceptors (Lipinski definition) is 6. The number of esters is 3.